The quantitative estimate of drug-likeness (QED) is 0.170. The molecule has 12 heteroatoms. The Morgan fingerprint density at radius 2 is 1.56 bits per heavy atom. The van der Waals surface area contributed by atoms with E-state index in [1.165, 1.54) is 12.0 Å². The number of nitrogens with zero attached hydrogens (tertiary/aromatic N) is 1. The van der Waals surface area contributed by atoms with Crippen molar-refractivity contribution in [2.45, 2.75) is 89.9 Å². The number of hydrogen-bond donors (Lipinski definition) is 3. The molecule has 260 valence electrons. The number of alkyl carbamates (subject to hydrolysis) is 1. The van der Waals surface area contributed by atoms with E-state index in [1.807, 2.05) is 36.4 Å². The van der Waals surface area contributed by atoms with Crippen molar-refractivity contribution in [3.05, 3.63) is 59.7 Å². The minimum atomic E-state index is -1.00. The highest BCUT2D eigenvalue weighted by Gasteiger charge is 2.39. The molecule has 1 aliphatic carbocycles. The predicted molar refractivity (Wildman–Crippen MR) is 179 cm³/mol. The van der Waals surface area contributed by atoms with Crippen molar-refractivity contribution >= 4 is 30.0 Å². The largest absolute Gasteiger partial charge is 0.467 e. The average Bonchev–Trinajstić information content (AvgIpc) is 3.66. The highest BCUT2D eigenvalue weighted by Crippen LogP contribution is 2.44. The van der Waals surface area contributed by atoms with Gasteiger partial charge in [0.15, 0.2) is 0 Å². The summed E-state index contributed by atoms with van der Waals surface area (Å²) in [5, 5.41) is 8.20. The maximum Gasteiger partial charge on any atom is 0.410 e. The lowest BCUT2D eigenvalue weighted by Gasteiger charge is -2.30. The molecule has 4 amide bonds. The number of hydrogen-bond acceptors (Lipinski definition) is 8. The summed E-state index contributed by atoms with van der Waals surface area (Å²) in [6, 6.07) is 13.4. The van der Waals surface area contributed by atoms with Gasteiger partial charge >= 0.3 is 18.2 Å². The van der Waals surface area contributed by atoms with Crippen LogP contribution in [0.25, 0.3) is 11.1 Å². The molecular weight excluding hydrogens is 616 g/mol. The minimum absolute atomic E-state index is 0.0643. The van der Waals surface area contributed by atoms with Gasteiger partial charge in [0.2, 0.25) is 11.8 Å². The molecule has 48 heavy (non-hydrogen) atoms. The highest BCUT2D eigenvalue weighted by molar-refractivity contribution is 5.93. The fourth-order valence-corrected chi connectivity index (χ4v) is 6.16. The molecule has 2 aromatic rings. The summed E-state index contributed by atoms with van der Waals surface area (Å²) in [5.74, 6) is -2.05. The Bertz CT molecular complexity index is 1440. The van der Waals surface area contributed by atoms with E-state index in [9.17, 15) is 24.0 Å². The van der Waals surface area contributed by atoms with Crippen LogP contribution in [-0.2, 0) is 28.6 Å². The van der Waals surface area contributed by atoms with Gasteiger partial charge < -0.3 is 30.2 Å². The van der Waals surface area contributed by atoms with Crippen LogP contribution >= 0.6 is 0 Å². The second-order valence-corrected chi connectivity index (χ2v) is 13.5. The normalized spacial score (nSPS) is 16.7. The average molecular weight is 665 g/mol. The summed E-state index contributed by atoms with van der Waals surface area (Å²) in [6.45, 7) is 9.57. The molecule has 0 aromatic heterocycles. The first kappa shape index (κ1) is 36.2. The number of methoxy groups -OCH3 is 1. The predicted octanol–water partition coefficient (Wildman–Crippen LogP) is 4.50. The van der Waals surface area contributed by atoms with Gasteiger partial charge in [-0.25, -0.2) is 14.4 Å². The molecule has 1 fully saturated rings. The van der Waals surface area contributed by atoms with Crippen molar-refractivity contribution < 1.29 is 38.2 Å². The van der Waals surface area contributed by atoms with E-state index in [1.54, 1.807) is 34.6 Å². The van der Waals surface area contributed by atoms with E-state index in [2.05, 4.69) is 28.1 Å². The van der Waals surface area contributed by atoms with Crippen molar-refractivity contribution in [2.24, 2.45) is 5.92 Å². The Labute approximate surface area is 282 Å². The van der Waals surface area contributed by atoms with E-state index in [4.69, 9.17) is 14.2 Å². The van der Waals surface area contributed by atoms with Crippen molar-refractivity contribution in [1.82, 2.24) is 20.9 Å². The monoisotopic (exact) mass is 664 g/mol. The molecule has 1 aliphatic heterocycles. The third-order valence-electron chi connectivity index (χ3n) is 8.52. The number of benzene rings is 2. The molecule has 3 atom stereocenters. The van der Waals surface area contributed by atoms with Crippen molar-refractivity contribution in [1.29, 1.82) is 0 Å². The van der Waals surface area contributed by atoms with Crippen LogP contribution in [0.1, 0.15) is 77.3 Å². The number of esters is 1. The lowest BCUT2D eigenvalue weighted by atomic mass is 9.98. The number of amides is 4. The van der Waals surface area contributed by atoms with Crippen LogP contribution in [0.15, 0.2) is 48.5 Å². The van der Waals surface area contributed by atoms with Gasteiger partial charge in [0.25, 0.3) is 0 Å². The van der Waals surface area contributed by atoms with Crippen molar-refractivity contribution in [3.63, 3.8) is 0 Å². The van der Waals surface area contributed by atoms with Crippen molar-refractivity contribution in [3.8, 4) is 11.1 Å². The third kappa shape index (κ3) is 9.05. The molecule has 3 N–H and O–H groups in total. The van der Waals surface area contributed by atoms with E-state index >= 15 is 0 Å². The Balaban J connectivity index is 1.27. The van der Waals surface area contributed by atoms with Crippen LogP contribution in [-0.4, -0.2) is 85.4 Å². The molecular formula is C36H48N4O8. The summed E-state index contributed by atoms with van der Waals surface area (Å²) >= 11 is 0. The van der Waals surface area contributed by atoms with E-state index in [0.717, 1.165) is 22.3 Å². The molecule has 12 nitrogen and oxygen atoms in total. The van der Waals surface area contributed by atoms with E-state index < -0.39 is 53.7 Å². The SMILES string of the molecule is COC(=O)C(CCCNC(=O)OCC1c2ccccc2-c2ccccc21)NC(=O)C(NC(=O)[C@@H]1CCCN1C(=O)OC(C)(C)C)C(C)C. The fourth-order valence-electron chi connectivity index (χ4n) is 6.16. The van der Waals surface area contributed by atoms with Gasteiger partial charge in [0, 0.05) is 19.0 Å². The number of fused-ring (bicyclic) bond motifs is 3. The molecule has 2 aromatic carbocycles. The molecule has 1 heterocycles. The Morgan fingerprint density at radius 3 is 2.15 bits per heavy atom. The number of nitrogens with one attached hydrogen (secondary N) is 3. The van der Waals surface area contributed by atoms with Crippen LogP contribution in [0, 0.1) is 5.92 Å². The maximum absolute atomic E-state index is 13.4. The van der Waals surface area contributed by atoms with Gasteiger partial charge in [0.05, 0.1) is 7.11 Å². The molecule has 1 saturated heterocycles. The zero-order valence-electron chi connectivity index (χ0n) is 28.7. The second kappa shape index (κ2) is 16.0. The van der Waals surface area contributed by atoms with Gasteiger partial charge in [-0.3, -0.25) is 14.5 Å². The number of carbonyl (C=O) groups is 5. The molecule has 2 unspecified atom stereocenters. The third-order valence-corrected chi connectivity index (χ3v) is 8.52. The molecule has 0 radical (unpaired) electrons. The van der Waals surface area contributed by atoms with Crippen molar-refractivity contribution in [2.75, 3.05) is 26.8 Å². The van der Waals surface area contributed by atoms with Crippen LogP contribution < -0.4 is 16.0 Å². The summed E-state index contributed by atoms with van der Waals surface area (Å²) in [6.07, 6.45) is 0.434. The Kier molecular flexibility index (Phi) is 12.1. The smallest absolute Gasteiger partial charge is 0.410 e. The van der Waals surface area contributed by atoms with E-state index in [-0.39, 0.29) is 31.4 Å². The summed E-state index contributed by atoms with van der Waals surface area (Å²) in [4.78, 5) is 65.9. The van der Waals surface area contributed by atoms with Crippen LogP contribution in [0.5, 0.6) is 0 Å². The van der Waals surface area contributed by atoms with Crippen LogP contribution in [0.4, 0.5) is 9.59 Å². The summed E-state index contributed by atoms with van der Waals surface area (Å²) in [5.41, 5.74) is 3.79. The molecule has 0 spiro atoms. The first-order valence-electron chi connectivity index (χ1n) is 16.6. The first-order chi connectivity index (χ1) is 22.8. The van der Waals surface area contributed by atoms with E-state index in [0.29, 0.717) is 25.8 Å². The number of carbonyl (C=O) groups excluding carboxylic acids is 5. The van der Waals surface area contributed by atoms with Crippen LogP contribution in [0.2, 0.25) is 0 Å². The fraction of sp³-hybridized carbons (Fsp3) is 0.528. The molecule has 0 bridgehead atoms. The van der Waals surface area contributed by atoms with Gasteiger partial charge in [0.1, 0.15) is 30.3 Å². The minimum Gasteiger partial charge on any atom is -0.467 e. The summed E-state index contributed by atoms with van der Waals surface area (Å²) < 4.78 is 16.0. The number of ether oxygens (including phenoxy) is 3. The van der Waals surface area contributed by atoms with Gasteiger partial charge in [-0.05, 0) is 74.6 Å². The maximum atomic E-state index is 13.4. The highest BCUT2D eigenvalue weighted by atomic mass is 16.6. The molecule has 2 aliphatic rings. The lowest BCUT2D eigenvalue weighted by molar-refractivity contribution is -0.145. The first-order valence-corrected chi connectivity index (χ1v) is 16.6. The standard InChI is InChI=1S/C36H48N4O8/c1-22(2)30(39-31(41)29-18-12-20-40(29)35(45)48-36(3,4)5)32(42)38-28(33(43)46-6)17-11-19-37-34(44)47-21-27-25-15-9-7-13-23(25)24-14-8-10-16-26(24)27/h7-10,13-16,22,27-30H,11-12,17-21H2,1-6H3,(H,37,44)(H,38,42)(H,39,41)/t28?,29-,30?/m0/s1. The van der Waals surface area contributed by atoms with Gasteiger partial charge in [-0.1, -0.05) is 62.4 Å². The zero-order chi connectivity index (χ0) is 35.0. The molecule has 4 rings (SSSR count). The van der Waals surface area contributed by atoms with Crippen LogP contribution in [0.3, 0.4) is 0 Å². The number of rotatable bonds is 12. The topological polar surface area (TPSA) is 152 Å². The Morgan fingerprint density at radius 1 is 0.938 bits per heavy atom. The Hall–Kier alpha value is -4.61. The second-order valence-electron chi connectivity index (χ2n) is 13.5. The lowest BCUT2D eigenvalue weighted by Crippen LogP contribution is -2.57. The van der Waals surface area contributed by atoms with Gasteiger partial charge in [-0.15, -0.1) is 0 Å². The number of likely N-dealkylation sites (tertiary alicyclic amines) is 1. The zero-order valence-corrected chi connectivity index (χ0v) is 28.7. The van der Waals surface area contributed by atoms with Gasteiger partial charge in [-0.2, -0.15) is 0 Å². The summed E-state index contributed by atoms with van der Waals surface area (Å²) in [7, 11) is 1.23. The molecule has 0 saturated carbocycles.